The second kappa shape index (κ2) is 7.74. The van der Waals surface area contributed by atoms with Crippen LogP contribution in [-0.4, -0.2) is 50.4 Å². The summed E-state index contributed by atoms with van der Waals surface area (Å²) in [5.74, 6) is 1.80. The zero-order valence-electron chi connectivity index (χ0n) is 18.5. The molecule has 6 rings (SSSR count). The van der Waals surface area contributed by atoms with E-state index in [1.807, 2.05) is 6.07 Å². The molecular formula is C25H27NO6S. The van der Waals surface area contributed by atoms with Gasteiger partial charge in [-0.25, -0.2) is 8.42 Å². The lowest BCUT2D eigenvalue weighted by molar-refractivity contribution is 0.00580. The standard InChI is InChI=1S/C25H27NO6S/c27-21-16-25(32-23-14-18-4-2-1-3-17(18)13-20(21)23)7-9-26(10-8-25)33(28,29)19-5-6-22-24(15-19)31-12-11-30-22/h5-6,13-15H,1-4,7-12,16H2. The molecule has 0 bridgehead atoms. The lowest BCUT2D eigenvalue weighted by Gasteiger charge is -2.43. The van der Waals surface area contributed by atoms with Crippen LogP contribution in [0, 0.1) is 0 Å². The topological polar surface area (TPSA) is 82.1 Å². The number of ketones is 1. The first-order chi connectivity index (χ1) is 15.9. The summed E-state index contributed by atoms with van der Waals surface area (Å²) < 4.78 is 45.6. The number of hydrogen-bond acceptors (Lipinski definition) is 6. The van der Waals surface area contributed by atoms with Gasteiger partial charge in [-0.3, -0.25) is 4.79 Å². The van der Waals surface area contributed by atoms with Gasteiger partial charge in [0.2, 0.25) is 10.0 Å². The Bertz CT molecular complexity index is 1230. The minimum atomic E-state index is -3.68. The van der Waals surface area contributed by atoms with E-state index < -0.39 is 15.6 Å². The third kappa shape index (κ3) is 3.60. The van der Waals surface area contributed by atoms with E-state index in [9.17, 15) is 13.2 Å². The number of aryl methyl sites for hydroxylation is 2. The van der Waals surface area contributed by atoms with Crippen LogP contribution in [-0.2, 0) is 22.9 Å². The van der Waals surface area contributed by atoms with Crippen LogP contribution in [0.5, 0.6) is 17.2 Å². The molecule has 7 nitrogen and oxygen atoms in total. The van der Waals surface area contributed by atoms with Crippen molar-refractivity contribution in [2.75, 3.05) is 26.3 Å². The Morgan fingerprint density at radius 2 is 1.55 bits per heavy atom. The van der Waals surface area contributed by atoms with Crippen molar-refractivity contribution < 1.29 is 27.4 Å². The number of nitrogens with zero attached hydrogens (tertiary/aromatic N) is 1. The second-order valence-electron chi connectivity index (χ2n) is 9.42. The van der Waals surface area contributed by atoms with E-state index in [0.29, 0.717) is 68.4 Å². The quantitative estimate of drug-likeness (QED) is 0.669. The molecule has 0 atom stereocenters. The first-order valence-corrected chi connectivity index (χ1v) is 13.2. The number of rotatable bonds is 2. The molecule has 1 spiro atoms. The van der Waals surface area contributed by atoms with E-state index in [2.05, 4.69) is 6.07 Å². The van der Waals surface area contributed by atoms with Crippen LogP contribution in [0.4, 0.5) is 0 Å². The lowest BCUT2D eigenvalue weighted by Crippen LogP contribution is -2.52. The number of Topliss-reactive ketones (excluding diaryl/α,β-unsaturated/α-hetero) is 1. The highest BCUT2D eigenvalue weighted by Gasteiger charge is 2.45. The molecule has 0 aromatic heterocycles. The summed E-state index contributed by atoms with van der Waals surface area (Å²) in [5.41, 5.74) is 2.61. The molecule has 4 aliphatic rings. The van der Waals surface area contributed by atoms with E-state index in [-0.39, 0.29) is 10.7 Å². The Labute approximate surface area is 193 Å². The summed E-state index contributed by atoms with van der Waals surface area (Å²) in [7, 11) is -3.68. The summed E-state index contributed by atoms with van der Waals surface area (Å²) in [6, 6.07) is 8.83. The van der Waals surface area contributed by atoms with Gasteiger partial charge in [0.25, 0.3) is 0 Å². The van der Waals surface area contributed by atoms with Gasteiger partial charge >= 0.3 is 0 Å². The molecule has 174 valence electrons. The Hall–Kier alpha value is -2.58. The number of ether oxygens (including phenoxy) is 3. The molecule has 3 aliphatic heterocycles. The van der Waals surface area contributed by atoms with E-state index in [4.69, 9.17) is 14.2 Å². The fraction of sp³-hybridized carbons (Fsp3) is 0.480. The van der Waals surface area contributed by atoms with E-state index in [0.717, 1.165) is 19.3 Å². The third-order valence-electron chi connectivity index (χ3n) is 7.34. The molecule has 2 aromatic rings. The number of sulfonamides is 1. The van der Waals surface area contributed by atoms with E-state index >= 15 is 0 Å². The molecule has 0 amide bonds. The van der Waals surface area contributed by atoms with Gasteiger partial charge in [-0.1, -0.05) is 0 Å². The molecule has 3 heterocycles. The predicted octanol–water partition coefficient (Wildman–Crippen LogP) is 3.53. The SMILES string of the molecule is O=C1CC2(CCN(S(=O)(=O)c3ccc4c(c3)OCCO4)CC2)Oc2cc3c(cc21)CCCC3. The molecule has 0 saturated carbocycles. The second-order valence-corrected chi connectivity index (χ2v) is 11.4. The fourth-order valence-corrected chi connectivity index (χ4v) is 6.93. The maximum atomic E-state index is 13.3. The average Bonchev–Trinajstić information content (AvgIpc) is 2.83. The molecule has 8 heteroatoms. The van der Waals surface area contributed by atoms with Crippen molar-refractivity contribution in [1.29, 1.82) is 0 Å². The molecule has 0 unspecified atom stereocenters. The van der Waals surface area contributed by atoms with Gasteiger partial charge in [-0.15, -0.1) is 0 Å². The van der Waals surface area contributed by atoms with Crippen molar-refractivity contribution in [3.63, 3.8) is 0 Å². The van der Waals surface area contributed by atoms with Gasteiger partial charge in [-0.2, -0.15) is 4.31 Å². The number of fused-ring (bicyclic) bond motifs is 3. The molecule has 2 aromatic carbocycles. The van der Waals surface area contributed by atoms with Crippen molar-refractivity contribution in [3.05, 3.63) is 47.0 Å². The zero-order valence-corrected chi connectivity index (χ0v) is 19.3. The van der Waals surface area contributed by atoms with E-state index in [1.54, 1.807) is 12.1 Å². The third-order valence-corrected chi connectivity index (χ3v) is 9.23. The monoisotopic (exact) mass is 469 g/mol. The number of carbonyl (C=O) groups excluding carboxylic acids is 1. The van der Waals surface area contributed by atoms with Gasteiger partial charge < -0.3 is 14.2 Å². The highest BCUT2D eigenvalue weighted by molar-refractivity contribution is 7.89. The van der Waals surface area contributed by atoms with Crippen LogP contribution in [0.1, 0.15) is 53.6 Å². The molecular weight excluding hydrogens is 442 g/mol. The van der Waals surface area contributed by atoms with Crippen molar-refractivity contribution in [2.24, 2.45) is 0 Å². The van der Waals surface area contributed by atoms with Crippen molar-refractivity contribution in [2.45, 2.75) is 55.4 Å². The minimum Gasteiger partial charge on any atom is -0.486 e. The van der Waals surface area contributed by atoms with Crippen molar-refractivity contribution in [1.82, 2.24) is 4.31 Å². The first kappa shape index (κ1) is 21.0. The number of benzene rings is 2. The normalized spacial score (nSPS) is 21.8. The van der Waals surface area contributed by atoms with Crippen molar-refractivity contribution in [3.8, 4) is 17.2 Å². The maximum Gasteiger partial charge on any atom is 0.243 e. The van der Waals surface area contributed by atoms with Crippen LogP contribution in [0.25, 0.3) is 0 Å². The molecule has 0 N–H and O–H groups in total. The van der Waals surface area contributed by atoms with Gasteiger partial charge in [0.15, 0.2) is 17.3 Å². The van der Waals surface area contributed by atoms with Crippen LogP contribution >= 0.6 is 0 Å². The number of carbonyl (C=O) groups is 1. The molecule has 1 fully saturated rings. The smallest absolute Gasteiger partial charge is 0.243 e. The minimum absolute atomic E-state index is 0.104. The van der Waals surface area contributed by atoms with Gasteiger partial charge in [0.1, 0.15) is 24.6 Å². The summed E-state index contributed by atoms with van der Waals surface area (Å²) in [6.07, 6.45) is 5.65. The first-order valence-electron chi connectivity index (χ1n) is 11.7. The molecule has 1 saturated heterocycles. The molecule has 1 aliphatic carbocycles. The summed E-state index contributed by atoms with van der Waals surface area (Å²) >= 11 is 0. The Kier molecular flexibility index (Phi) is 4.92. The Morgan fingerprint density at radius 1 is 0.848 bits per heavy atom. The van der Waals surface area contributed by atoms with Crippen LogP contribution in [0.3, 0.4) is 0 Å². The highest BCUT2D eigenvalue weighted by Crippen LogP contribution is 2.42. The summed E-state index contributed by atoms with van der Waals surface area (Å²) in [5, 5.41) is 0. The highest BCUT2D eigenvalue weighted by atomic mass is 32.2. The predicted molar refractivity (Wildman–Crippen MR) is 121 cm³/mol. The fourth-order valence-electron chi connectivity index (χ4n) is 5.47. The number of hydrogen-bond donors (Lipinski definition) is 0. The van der Waals surface area contributed by atoms with Gasteiger partial charge in [0.05, 0.1) is 16.9 Å². The maximum absolute atomic E-state index is 13.3. The summed E-state index contributed by atoms with van der Waals surface area (Å²) in [4.78, 5) is 13.2. The average molecular weight is 470 g/mol. The number of piperidine rings is 1. The van der Waals surface area contributed by atoms with Crippen LogP contribution in [0.2, 0.25) is 0 Å². The summed E-state index contributed by atoms with van der Waals surface area (Å²) in [6.45, 7) is 1.48. The van der Waals surface area contributed by atoms with Gasteiger partial charge in [0, 0.05) is 32.0 Å². The van der Waals surface area contributed by atoms with Crippen molar-refractivity contribution >= 4 is 15.8 Å². The molecule has 0 radical (unpaired) electrons. The zero-order chi connectivity index (χ0) is 22.6. The Morgan fingerprint density at radius 3 is 2.30 bits per heavy atom. The van der Waals surface area contributed by atoms with E-state index in [1.165, 1.54) is 27.9 Å². The largest absolute Gasteiger partial charge is 0.486 e. The lowest BCUT2D eigenvalue weighted by atomic mass is 9.81. The van der Waals surface area contributed by atoms with Gasteiger partial charge in [-0.05, 0) is 61.1 Å². The van der Waals surface area contributed by atoms with Crippen LogP contribution in [0.15, 0.2) is 35.2 Å². The molecule has 33 heavy (non-hydrogen) atoms. The Balaban J connectivity index is 1.21. The van der Waals surface area contributed by atoms with Crippen LogP contribution < -0.4 is 14.2 Å².